The lowest BCUT2D eigenvalue weighted by molar-refractivity contribution is -0.139. The minimum atomic E-state index is -0.428. The third-order valence-corrected chi connectivity index (χ3v) is 5.97. The number of allylic oxidation sites excluding steroid dienone is 2. The quantitative estimate of drug-likeness (QED) is 0.606. The van der Waals surface area contributed by atoms with Gasteiger partial charge >= 0.3 is 0 Å². The highest BCUT2D eigenvalue weighted by Gasteiger charge is 2.37. The Labute approximate surface area is 176 Å². The van der Waals surface area contributed by atoms with Crippen molar-refractivity contribution in [3.63, 3.8) is 0 Å². The number of benzene rings is 2. The fourth-order valence-corrected chi connectivity index (χ4v) is 4.31. The summed E-state index contributed by atoms with van der Waals surface area (Å²) in [5.41, 5.74) is 1.51. The molecule has 1 saturated heterocycles. The van der Waals surface area contributed by atoms with Gasteiger partial charge in [-0.3, -0.25) is 14.4 Å². The van der Waals surface area contributed by atoms with Gasteiger partial charge in [-0.15, -0.1) is 0 Å². The second-order valence-corrected chi connectivity index (χ2v) is 7.92. The van der Waals surface area contributed by atoms with Crippen molar-refractivity contribution in [3.05, 3.63) is 77.9 Å². The molecule has 1 aliphatic carbocycles. The molecule has 0 bridgehead atoms. The molecule has 1 heterocycles. The summed E-state index contributed by atoms with van der Waals surface area (Å²) in [7, 11) is 0. The zero-order valence-electron chi connectivity index (χ0n) is 16.9. The lowest BCUT2D eigenvalue weighted by Gasteiger charge is -2.30. The van der Waals surface area contributed by atoms with E-state index in [-0.39, 0.29) is 23.5 Å². The highest BCUT2D eigenvalue weighted by Crippen LogP contribution is 2.30. The lowest BCUT2D eigenvalue weighted by atomic mass is 9.81. The largest absolute Gasteiger partial charge is 0.342 e. The van der Waals surface area contributed by atoms with Gasteiger partial charge in [-0.2, -0.15) is 0 Å². The van der Waals surface area contributed by atoms with Gasteiger partial charge in [0.25, 0.3) is 0 Å². The van der Waals surface area contributed by atoms with Gasteiger partial charge in [-0.1, -0.05) is 54.6 Å². The van der Waals surface area contributed by atoms with Gasteiger partial charge in [-0.05, 0) is 37.8 Å². The topological polar surface area (TPSA) is 66.5 Å². The fraction of sp³-hybridized carbons (Fsp3) is 0.320. The summed E-state index contributed by atoms with van der Waals surface area (Å²) in [6, 6.07) is 16.1. The van der Waals surface area contributed by atoms with E-state index in [0.717, 1.165) is 25.9 Å². The molecule has 0 spiro atoms. The van der Waals surface area contributed by atoms with Crippen molar-refractivity contribution in [2.45, 2.75) is 25.7 Å². The van der Waals surface area contributed by atoms with Crippen molar-refractivity contribution < 1.29 is 14.4 Å². The average Bonchev–Trinajstić information content (AvgIpc) is 3.34. The maximum absolute atomic E-state index is 13.2. The summed E-state index contributed by atoms with van der Waals surface area (Å²) in [6.07, 6.45) is 7.14. The molecule has 0 aromatic heterocycles. The fourth-order valence-electron chi connectivity index (χ4n) is 4.31. The van der Waals surface area contributed by atoms with E-state index in [1.54, 1.807) is 36.4 Å². The number of likely N-dealkylation sites (tertiary alicyclic amines) is 1. The Morgan fingerprint density at radius 1 is 0.800 bits per heavy atom. The van der Waals surface area contributed by atoms with Crippen LogP contribution in [0.3, 0.4) is 0 Å². The van der Waals surface area contributed by atoms with E-state index in [0.29, 0.717) is 29.7 Å². The van der Waals surface area contributed by atoms with Gasteiger partial charge in [0.05, 0.1) is 17.5 Å². The Balaban J connectivity index is 1.54. The monoisotopic (exact) mass is 402 g/mol. The van der Waals surface area contributed by atoms with E-state index in [2.05, 4.69) is 5.32 Å². The number of ketones is 1. The summed E-state index contributed by atoms with van der Waals surface area (Å²) < 4.78 is 0. The van der Waals surface area contributed by atoms with E-state index >= 15 is 0 Å². The summed E-state index contributed by atoms with van der Waals surface area (Å²) in [6.45, 7) is 1.56. The van der Waals surface area contributed by atoms with Crippen molar-refractivity contribution in [1.82, 2.24) is 4.90 Å². The van der Waals surface area contributed by atoms with Crippen LogP contribution in [0.15, 0.2) is 66.7 Å². The molecule has 2 amide bonds. The third-order valence-electron chi connectivity index (χ3n) is 5.97. The Hall–Kier alpha value is -3.21. The molecule has 154 valence electrons. The van der Waals surface area contributed by atoms with E-state index in [1.165, 1.54) is 0 Å². The molecule has 2 aromatic carbocycles. The zero-order valence-corrected chi connectivity index (χ0v) is 16.9. The predicted molar refractivity (Wildman–Crippen MR) is 116 cm³/mol. The molecule has 1 aliphatic heterocycles. The van der Waals surface area contributed by atoms with E-state index in [4.69, 9.17) is 0 Å². The van der Waals surface area contributed by atoms with Gasteiger partial charge in [0.2, 0.25) is 11.8 Å². The SMILES string of the molecule is O=C(c1ccccc1)c1ccccc1NC(=O)C1CC=CCC1C(=O)N1CCCC1. The van der Waals surface area contributed by atoms with E-state index < -0.39 is 5.92 Å². The first kappa shape index (κ1) is 20.1. The summed E-state index contributed by atoms with van der Waals surface area (Å²) in [5.74, 6) is -1.04. The second-order valence-electron chi connectivity index (χ2n) is 7.92. The molecule has 4 rings (SSSR count). The molecule has 5 heteroatoms. The molecule has 2 atom stereocenters. The van der Waals surface area contributed by atoms with Gasteiger partial charge in [0, 0.05) is 24.2 Å². The first-order valence-corrected chi connectivity index (χ1v) is 10.6. The minimum Gasteiger partial charge on any atom is -0.342 e. The number of amides is 2. The van der Waals surface area contributed by atoms with Gasteiger partial charge in [-0.25, -0.2) is 0 Å². The second kappa shape index (κ2) is 9.08. The standard InChI is InChI=1S/C25H26N2O3/c28-23(18-10-2-1-3-11-18)21-14-6-7-15-22(21)26-24(29)19-12-4-5-13-20(19)25(30)27-16-8-9-17-27/h1-7,10-11,14-15,19-20H,8-9,12-13,16-17H2,(H,26,29). The Bertz CT molecular complexity index is 961. The van der Waals surface area contributed by atoms with Crippen LogP contribution in [0, 0.1) is 11.8 Å². The Morgan fingerprint density at radius 3 is 2.17 bits per heavy atom. The van der Waals surface area contributed by atoms with Crippen LogP contribution in [-0.2, 0) is 9.59 Å². The van der Waals surface area contributed by atoms with Crippen LogP contribution in [0.1, 0.15) is 41.6 Å². The van der Waals surface area contributed by atoms with Crippen LogP contribution < -0.4 is 5.32 Å². The number of nitrogens with one attached hydrogen (secondary N) is 1. The molecular weight excluding hydrogens is 376 g/mol. The first-order chi connectivity index (χ1) is 14.6. The molecule has 1 fully saturated rings. The van der Waals surface area contributed by atoms with Crippen molar-refractivity contribution in [3.8, 4) is 0 Å². The Kier molecular flexibility index (Phi) is 6.07. The number of carbonyl (C=O) groups is 3. The number of nitrogens with zero attached hydrogens (tertiary/aromatic N) is 1. The minimum absolute atomic E-state index is 0.0747. The highest BCUT2D eigenvalue weighted by molar-refractivity contribution is 6.14. The predicted octanol–water partition coefficient (Wildman–Crippen LogP) is 4.06. The Morgan fingerprint density at radius 2 is 1.43 bits per heavy atom. The van der Waals surface area contributed by atoms with Crippen molar-refractivity contribution >= 4 is 23.3 Å². The lowest BCUT2D eigenvalue weighted by Crippen LogP contribution is -2.42. The van der Waals surface area contributed by atoms with Crippen molar-refractivity contribution in [2.24, 2.45) is 11.8 Å². The number of rotatable bonds is 5. The van der Waals surface area contributed by atoms with E-state index in [9.17, 15) is 14.4 Å². The van der Waals surface area contributed by atoms with Crippen LogP contribution in [0.2, 0.25) is 0 Å². The zero-order chi connectivity index (χ0) is 20.9. The van der Waals surface area contributed by atoms with Gasteiger partial charge in [0.1, 0.15) is 0 Å². The maximum Gasteiger partial charge on any atom is 0.228 e. The first-order valence-electron chi connectivity index (χ1n) is 10.6. The van der Waals surface area contributed by atoms with Gasteiger partial charge < -0.3 is 10.2 Å². The third kappa shape index (κ3) is 4.20. The molecule has 0 radical (unpaired) electrons. The van der Waals surface area contributed by atoms with Crippen LogP contribution in [0.4, 0.5) is 5.69 Å². The number of para-hydroxylation sites is 1. The number of hydrogen-bond acceptors (Lipinski definition) is 3. The van der Waals surface area contributed by atoms with Crippen LogP contribution >= 0.6 is 0 Å². The number of carbonyl (C=O) groups excluding carboxylic acids is 3. The van der Waals surface area contributed by atoms with Crippen molar-refractivity contribution in [1.29, 1.82) is 0 Å². The molecular formula is C25H26N2O3. The molecule has 5 nitrogen and oxygen atoms in total. The van der Waals surface area contributed by atoms with Crippen LogP contribution in [0.5, 0.6) is 0 Å². The molecule has 2 aromatic rings. The maximum atomic E-state index is 13.2. The molecule has 30 heavy (non-hydrogen) atoms. The molecule has 2 unspecified atom stereocenters. The highest BCUT2D eigenvalue weighted by atomic mass is 16.2. The summed E-state index contributed by atoms with van der Waals surface area (Å²) in [5, 5.41) is 2.94. The smallest absolute Gasteiger partial charge is 0.228 e. The molecule has 0 saturated carbocycles. The summed E-state index contributed by atoms with van der Waals surface area (Å²) >= 11 is 0. The summed E-state index contributed by atoms with van der Waals surface area (Å²) in [4.78, 5) is 41.0. The average molecular weight is 402 g/mol. The van der Waals surface area contributed by atoms with Gasteiger partial charge in [0.15, 0.2) is 5.78 Å². The molecule has 2 aliphatic rings. The van der Waals surface area contributed by atoms with Crippen molar-refractivity contribution in [2.75, 3.05) is 18.4 Å². The molecule has 1 N–H and O–H groups in total. The van der Waals surface area contributed by atoms with E-state index in [1.807, 2.05) is 35.3 Å². The van der Waals surface area contributed by atoms with Crippen LogP contribution in [0.25, 0.3) is 0 Å². The number of anilines is 1. The number of hydrogen-bond donors (Lipinski definition) is 1. The van der Waals surface area contributed by atoms with Crippen LogP contribution in [-0.4, -0.2) is 35.6 Å². The normalized spacial score (nSPS) is 20.7.